The maximum atomic E-state index is 13.7. The van der Waals surface area contributed by atoms with Crippen molar-refractivity contribution in [2.24, 2.45) is 0 Å². The van der Waals surface area contributed by atoms with Crippen molar-refractivity contribution in [3.8, 4) is 0 Å². The van der Waals surface area contributed by atoms with Gasteiger partial charge in [0, 0.05) is 42.7 Å². The zero-order chi connectivity index (χ0) is 23.7. The molecule has 0 bridgehead atoms. The minimum atomic E-state index is -4.80. The fourth-order valence-electron chi connectivity index (χ4n) is 3.12. The minimum absolute atomic E-state index is 0.299. The first-order valence-electron chi connectivity index (χ1n) is 9.21. The first-order chi connectivity index (χ1) is 14.9. The van der Waals surface area contributed by atoms with Crippen molar-refractivity contribution in [2.45, 2.75) is 11.1 Å². The van der Waals surface area contributed by atoms with Crippen molar-refractivity contribution in [1.29, 1.82) is 0 Å². The number of nitrogens with zero attached hydrogens (tertiary/aromatic N) is 2. The second kappa shape index (κ2) is 8.74. The molecular formula is C19H18F3N3O6S. The number of sulfone groups is 1. The molecule has 0 aliphatic carbocycles. The Balaban J connectivity index is 1.98. The Morgan fingerprint density at radius 2 is 1.81 bits per heavy atom. The van der Waals surface area contributed by atoms with Gasteiger partial charge >= 0.3 is 6.18 Å². The number of ether oxygens (including phenoxy) is 1. The Bertz CT molecular complexity index is 1160. The predicted molar refractivity (Wildman–Crippen MR) is 109 cm³/mol. The Morgan fingerprint density at radius 1 is 1.16 bits per heavy atom. The number of nitro groups is 1. The lowest BCUT2D eigenvalue weighted by molar-refractivity contribution is -0.385. The van der Waals surface area contributed by atoms with Crippen LogP contribution >= 0.6 is 0 Å². The molecule has 0 unspecified atom stereocenters. The second-order valence-electron chi connectivity index (χ2n) is 7.03. The van der Waals surface area contributed by atoms with Gasteiger partial charge in [-0.2, -0.15) is 13.2 Å². The number of anilines is 2. The Kier molecular flexibility index (Phi) is 6.41. The summed E-state index contributed by atoms with van der Waals surface area (Å²) in [6, 6.07) is 5.82. The van der Waals surface area contributed by atoms with E-state index in [1.165, 1.54) is 6.07 Å². The minimum Gasteiger partial charge on any atom is -0.378 e. The number of hydrogen-bond donors (Lipinski definition) is 1. The van der Waals surface area contributed by atoms with Crippen LogP contribution in [0.15, 0.2) is 41.3 Å². The first kappa shape index (κ1) is 23.5. The van der Waals surface area contributed by atoms with Crippen molar-refractivity contribution in [3.05, 3.63) is 57.6 Å². The van der Waals surface area contributed by atoms with Gasteiger partial charge in [0.05, 0.1) is 34.3 Å². The van der Waals surface area contributed by atoms with E-state index in [9.17, 15) is 36.5 Å². The molecule has 0 saturated carbocycles. The SMILES string of the molecule is CS(=O)(=O)c1cc(C(=O)Nc2ccc(N3CCOCC3)cc2C(F)(F)F)cc([N+](=O)[O-])c1. The van der Waals surface area contributed by atoms with Crippen LogP contribution in [0.3, 0.4) is 0 Å². The van der Waals surface area contributed by atoms with Gasteiger partial charge in [0.25, 0.3) is 11.6 Å². The molecule has 1 heterocycles. The number of halogens is 3. The van der Waals surface area contributed by atoms with Crippen molar-refractivity contribution in [1.82, 2.24) is 0 Å². The number of rotatable bonds is 5. The summed E-state index contributed by atoms with van der Waals surface area (Å²) in [4.78, 5) is 24.0. The van der Waals surface area contributed by atoms with Gasteiger partial charge in [0.15, 0.2) is 9.84 Å². The van der Waals surface area contributed by atoms with E-state index in [1.807, 2.05) is 0 Å². The van der Waals surface area contributed by atoms with Crippen molar-refractivity contribution < 1.29 is 36.0 Å². The van der Waals surface area contributed by atoms with Gasteiger partial charge in [0.1, 0.15) is 0 Å². The van der Waals surface area contributed by atoms with Gasteiger partial charge in [-0.15, -0.1) is 0 Å². The zero-order valence-corrected chi connectivity index (χ0v) is 17.5. The third-order valence-corrected chi connectivity index (χ3v) is 5.82. The van der Waals surface area contributed by atoms with Crippen LogP contribution in [-0.4, -0.2) is 51.8 Å². The molecule has 13 heteroatoms. The van der Waals surface area contributed by atoms with Gasteiger partial charge in [-0.1, -0.05) is 0 Å². The van der Waals surface area contributed by atoms with Gasteiger partial charge in [-0.3, -0.25) is 14.9 Å². The lowest BCUT2D eigenvalue weighted by Crippen LogP contribution is -2.36. The van der Waals surface area contributed by atoms with E-state index in [1.54, 1.807) is 4.90 Å². The number of non-ortho nitro benzene ring substituents is 1. The Hall–Kier alpha value is -3.19. The maximum Gasteiger partial charge on any atom is 0.418 e. The average molecular weight is 473 g/mol. The number of nitro benzene ring substituents is 1. The highest BCUT2D eigenvalue weighted by Crippen LogP contribution is 2.38. The third-order valence-electron chi connectivity index (χ3n) is 4.73. The van der Waals surface area contributed by atoms with Crippen LogP contribution in [0, 0.1) is 10.1 Å². The Labute approximate surface area is 180 Å². The lowest BCUT2D eigenvalue weighted by atomic mass is 10.1. The molecule has 1 aliphatic heterocycles. The fourth-order valence-corrected chi connectivity index (χ4v) is 3.80. The molecule has 0 atom stereocenters. The molecule has 1 fully saturated rings. The monoisotopic (exact) mass is 473 g/mol. The van der Waals surface area contributed by atoms with E-state index in [0.29, 0.717) is 32.0 Å². The molecular weight excluding hydrogens is 455 g/mol. The van der Waals surface area contributed by atoms with E-state index in [0.717, 1.165) is 36.6 Å². The molecule has 0 aromatic heterocycles. The van der Waals surface area contributed by atoms with Crippen LogP contribution in [0.4, 0.5) is 30.2 Å². The van der Waals surface area contributed by atoms with E-state index in [-0.39, 0.29) is 0 Å². The van der Waals surface area contributed by atoms with Gasteiger partial charge < -0.3 is 15.0 Å². The summed E-state index contributed by atoms with van der Waals surface area (Å²) in [6.45, 7) is 1.56. The summed E-state index contributed by atoms with van der Waals surface area (Å²) in [5.74, 6) is -1.12. The van der Waals surface area contributed by atoms with E-state index < -0.39 is 54.2 Å². The summed E-state index contributed by atoms with van der Waals surface area (Å²) in [5, 5.41) is 13.2. The highest BCUT2D eigenvalue weighted by Gasteiger charge is 2.35. The third kappa shape index (κ3) is 5.34. The Morgan fingerprint density at radius 3 is 2.38 bits per heavy atom. The highest BCUT2D eigenvalue weighted by molar-refractivity contribution is 7.90. The molecule has 2 aromatic carbocycles. The molecule has 9 nitrogen and oxygen atoms in total. The number of benzene rings is 2. The quantitative estimate of drug-likeness (QED) is 0.524. The molecule has 1 N–H and O–H groups in total. The van der Waals surface area contributed by atoms with E-state index >= 15 is 0 Å². The molecule has 2 aromatic rings. The van der Waals surface area contributed by atoms with Gasteiger partial charge in [0.2, 0.25) is 0 Å². The van der Waals surface area contributed by atoms with Crippen LogP contribution in [0.1, 0.15) is 15.9 Å². The predicted octanol–water partition coefficient (Wildman–Crippen LogP) is 3.11. The maximum absolute atomic E-state index is 13.7. The smallest absolute Gasteiger partial charge is 0.378 e. The number of nitrogens with one attached hydrogen (secondary N) is 1. The summed E-state index contributed by atoms with van der Waals surface area (Å²) >= 11 is 0. The summed E-state index contributed by atoms with van der Waals surface area (Å²) < 4.78 is 69.8. The summed E-state index contributed by atoms with van der Waals surface area (Å²) in [7, 11) is -3.92. The van der Waals surface area contributed by atoms with Crippen LogP contribution in [-0.2, 0) is 20.8 Å². The van der Waals surface area contributed by atoms with E-state index in [2.05, 4.69) is 5.32 Å². The number of morpholine rings is 1. The summed E-state index contributed by atoms with van der Waals surface area (Å²) in [6.07, 6.45) is -4.01. The van der Waals surface area contributed by atoms with Crippen LogP contribution in [0.5, 0.6) is 0 Å². The number of carbonyl (C=O) groups excluding carboxylic acids is 1. The van der Waals surface area contributed by atoms with Crippen molar-refractivity contribution in [2.75, 3.05) is 42.8 Å². The largest absolute Gasteiger partial charge is 0.418 e. The fraction of sp³-hybridized carbons (Fsp3) is 0.316. The second-order valence-corrected chi connectivity index (χ2v) is 9.04. The van der Waals surface area contributed by atoms with Gasteiger partial charge in [-0.05, 0) is 24.3 Å². The normalized spacial score (nSPS) is 14.8. The molecule has 1 amide bonds. The number of amides is 1. The lowest BCUT2D eigenvalue weighted by Gasteiger charge is -2.29. The molecule has 0 spiro atoms. The molecule has 32 heavy (non-hydrogen) atoms. The van der Waals surface area contributed by atoms with Crippen LogP contribution in [0.25, 0.3) is 0 Å². The molecule has 1 aliphatic rings. The molecule has 3 rings (SSSR count). The molecule has 1 saturated heterocycles. The standard InChI is InChI=1S/C19H18F3N3O6S/c1-32(29,30)15-9-12(8-14(10-15)25(27)28)18(26)23-17-3-2-13(11-16(17)19(20,21)22)24-4-6-31-7-5-24/h2-3,8-11H,4-7H2,1H3,(H,23,26). The van der Waals surface area contributed by atoms with Crippen LogP contribution in [0.2, 0.25) is 0 Å². The number of hydrogen-bond acceptors (Lipinski definition) is 7. The van der Waals surface area contributed by atoms with E-state index in [4.69, 9.17) is 4.74 Å². The average Bonchev–Trinajstić information content (AvgIpc) is 2.73. The molecule has 172 valence electrons. The number of carbonyl (C=O) groups is 1. The topological polar surface area (TPSA) is 119 Å². The summed E-state index contributed by atoms with van der Waals surface area (Å²) in [5.41, 5.74) is -2.52. The van der Waals surface area contributed by atoms with Gasteiger partial charge in [-0.25, -0.2) is 8.42 Å². The highest BCUT2D eigenvalue weighted by atomic mass is 32.2. The number of alkyl halides is 3. The zero-order valence-electron chi connectivity index (χ0n) is 16.7. The van der Waals surface area contributed by atoms with Crippen molar-refractivity contribution in [3.63, 3.8) is 0 Å². The first-order valence-corrected chi connectivity index (χ1v) is 11.1. The molecule has 0 radical (unpaired) electrons. The van der Waals surface area contributed by atoms with Crippen LogP contribution < -0.4 is 10.2 Å². The van der Waals surface area contributed by atoms with Crippen molar-refractivity contribution >= 4 is 32.8 Å².